The first kappa shape index (κ1) is 13.1. The highest BCUT2D eigenvalue weighted by atomic mass is 16.7. The van der Waals surface area contributed by atoms with Crippen molar-refractivity contribution < 1.29 is 9.31 Å². The van der Waals surface area contributed by atoms with Gasteiger partial charge >= 0.3 is 7.12 Å². The van der Waals surface area contributed by atoms with Crippen LogP contribution in [0.2, 0.25) is 0 Å². The molecule has 0 radical (unpaired) electrons. The van der Waals surface area contributed by atoms with E-state index in [0.29, 0.717) is 5.92 Å². The zero-order chi connectivity index (χ0) is 13.7. The van der Waals surface area contributed by atoms with Crippen molar-refractivity contribution in [3.05, 3.63) is 24.0 Å². The van der Waals surface area contributed by atoms with E-state index >= 15 is 0 Å². The van der Waals surface area contributed by atoms with Crippen molar-refractivity contribution in [2.75, 3.05) is 0 Å². The Kier molecular flexibility index (Phi) is 2.99. The van der Waals surface area contributed by atoms with E-state index in [1.165, 1.54) is 30.3 Å². The highest BCUT2D eigenvalue weighted by Gasteiger charge is 2.52. The summed E-state index contributed by atoms with van der Waals surface area (Å²) in [5.74, 6) is 0.641. The van der Waals surface area contributed by atoms with Gasteiger partial charge in [0.2, 0.25) is 0 Å². The van der Waals surface area contributed by atoms with Crippen LogP contribution in [0.4, 0.5) is 0 Å². The van der Waals surface area contributed by atoms with E-state index in [4.69, 9.17) is 9.31 Å². The van der Waals surface area contributed by atoms with Crippen molar-refractivity contribution in [3.8, 4) is 0 Å². The first-order valence-electron chi connectivity index (χ1n) is 7.20. The number of hydrogen-bond donors (Lipinski definition) is 0. The second kappa shape index (κ2) is 4.32. The Balaban J connectivity index is 1.91. The maximum Gasteiger partial charge on any atom is 0.495 e. The van der Waals surface area contributed by atoms with Crippen molar-refractivity contribution in [2.24, 2.45) is 0 Å². The first-order valence-corrected chi connectivity index (χ1v) is 7.20. The molecule has 0 unspecified atom stereocenters. The molecule has 1 aliphatic carbocycles. The minimum absolute atomic E-state index is 0.261. The molecule has 0 bridgehead atoms. The lowest BCUT2D eigenvalue weighted by Gasteiger charge is -2.32. The van der Waals surface area contributed by atoms with E-state index in [0.717, 1.165) is 0 Å². The van der Waals surface area contributed by atoms with E-state index in [9.17, 15) is 0 Å². The Morgan fingerprint density at radius 2 is 1.79 bits per heavy atom. The summed E-state index contributed by atoms with van der Waals surface area (Å²) >= 11 is 0. The van der Waals surface area contributed by atoms with E-state index in [2.05, 4.69) is 38.7 Å². The monoisotopic (exact) mass is 259 g/mol. The fourth-order valence-corrected chi connectivity index (χ4v) is 2.66. The van der Waals surface area contributed by atoms with Gasteiger partial charge in [-0.3, -0.25) is 4.98 Å². The molecule has 1 aromatic heterocycles. The second-order valence-electron chi connectivity index (χ2n) is 6.72. The van der Waals surface area contributed by atoms with Crippen LogP contribution >= 0.6 is 0 Å². The molecule has 2 heterocycles. The summed E-state index contributed by atoms with van der Waals surface area (Å²) in [6.45, 7) is 8.38. The fraction of sp³-hybridized carbons (Fsp3) is 0.667. The van der Waals surface area contributed by atoms with Crippen molar-refractivity contribution in [1.29, 1.82) is 0 Å². The molecule has 1 aromatic rings. The predicted octanol–water partition coefficient (Wildman–Crippen LogP) is 2.65. The summed E-state index contributed by atoms with van der Waals surface area (Å²) in [5, 5.41) is 0. The standard InChI is InChI=1S/C15H22BNO2/c1-14(2)15(3,4)19-16(18-14)13-8-9-17-10-12(13)11-6-5-7-11/h8-11H,5-7H2,1-4H3. The Labute approximate surface area is 115 Å². The van der Waals surface area contributed by atoms with Crippen LogP contribution in [0.25, 0.3) is 0 Å². The van der Waals surface area contributed by atoms with Crippen molar-refractivity contribution >= 4 is 12.6 Å². The average molecular weight is 259 g/mol. The number of aromatic nitrogens is 1. The molecule has 102 valence electrons. The minimum Gasteiger partial charge on any atom is -0.399 e. The third-order valence-corrected chi connectivity index (χ3v) is 4.94. The van der Waals surface area contributed by atoms with Crippen molar-refractivity contribution in [1.82, 2.24) is 4.98 Å². The van der Waals surface area contributed by atoms with Gasteiger partial charge in [0.05, 0.1) is 11.2 Å². The molecule has 1 aliphatic heterocycles. The Morgan fingerprint density at radius 1 is 1.16 bits per heavy atom. The molecule has 2 fully saturated rings. The molecule has 0 N–H and O–H groups in total. The van der Waals surface area contributed by atoms with Gasteiger partial charge in [-0.05, 0) is 63.5 Å². The van der Waals surface area contributed by atoms with Gasteiger partial charge < -0.3 is 9.31 Å². The van der Waals surface area contributed by atoms with E-state index in [1.807, 2.05) is 12.4 Å². The van der Waals surface area contributed by atoms with Gasteiger partial charge in [0.15, 0.2) is 0 Å². The van der Waals surface area contributed by atoms with Gasteiger partial charge in [-0.15, -0.1) is 0 Å². The van der Waals surface area contributed by atoms with Crippen LogP contribution in [0.3, 0.4) is 0 Å². The van der Waals surface area contributed by atoms with Crippen molar-refractivity contribution in [3.63, 3.8) is 0 Å². The number of rotatable bonds is 2. The van der Waals surface area contributed by atoms with Gasteiger partial charge in [0.1, 0.15) is 0 Å². The zero-order valence-electron chi connectivity index (χ0n) is 12.3. The average Bonchev–Trinajstić information content (AvgIpc) is 2.46. The number of nitrogens with zero attached hydrogens (tertiary/aromatic N) is 1. The minimum atomic E-state index is -0.280. The SMILES string of the molecule is CC1(C)OB(c2ccncc2C2CCC2)OC1(C)C. The summed E-state index contributed by atoms with van der Waals surface area (Å²) in [4.78, 5) is 4.28. The predicted molar refractivity (Wildman–Crippen MR) is 76.5 cm³/mol. The Hall–Kier alpha value is -0.865. The lowest BCUT2D eigenvalue weighted by atomic mass is 9.69. The maximum absolute atomic E-state index is 6.16. The summed E-state index contributed by atoms with van der Waals surface area (Å²) in [6.07, 6.45) is 7.67. The van der Waals surface area contributed by atoms with Crippen LogP contribution in [0.15, 0.2) is 18.5 Å². The molecule has 0 aromatic carbocycles. The normalized spacial score (nSPS) is 25.4. The molecule has 2 aliphatic rings. The molecule has 3 rings (SSSR count). The summed E-state index contributed by atoms with van der Waals surface area (Å²) in [5.41, 5.74) is 1.92. The third kappa shape index (κ3) is 2.11. The topological polar surface area (TPSA) is 31.4 Å². The molecule has 3 nitrogen and oxygen atoms in total. The molecule has 1 saturated carbocycles. The second-order valence-corrected chi connectivity index (χ2v) is 6.72. The van der Waals surface area contributed by atoms with Gasteiger partial charge in [0.25, 0.3) is 0 Å². The van der Waals surface area contributed by atoms with Crippen molar-refractivity contribution in [2.45, 2.75) is 64.1 Å². The van der Waals surface area contributed by atoms with Crippen LogP contribution in [0.5, 0.6) is 0 Å². The van der Waals surface area contributed by atoms with E-state index in [1.54, 1.807) is 0 Å². The zero-order valence-corrected chi connectivity index (χ0v) is 12.3. The quantitative estimate of drug-likeness (QED) is 0.765. The van der Waals surface area contributed by atoms with E-state index in [-0.39, 0.29) is 18.3 Å². The smallest absolute Gasteiger partial charge is 0.399 e. The third-order valence-electron chi connectivity index (χ3n) is 4.94. The molecule has 0 amide bonds. The van der Waals surface area contributed by atoms with Gasteiger partial charge in [-0.1, -0.05) is 6.42 Å². The lowest BCUT2D eigenvalue weighted by molar-refractivity contribution is 0.00578. The first-order chi connectivity index (χ1) is 8.91. The highest BCUT2D eigenvalue weighted by Crippen LogP contribution is 2.39. The summed E-state index contributed by atoms with van der Waals surface area (Å²) < 4.78 is 12.3. The number of pyridine rings is 1. The Morgan fingerprint density at radius 3 is 2.32 bits per heavy atom. The molecular weight excluding hydrogens is 237 g/mol. The molecule has 0 atom stereocenters. The Bertz CT molecular complexity index is 467. The van der Waals surface area contributed by atoms with Crippen LogP contribution in [-0.4, -0.2) is 23.3 Å². The van der Waals surface area contributed by atoms with Crippen LogP contribution < -0.4 is 5.46 Å². The summed E-state index contributed by atoms with van der Waals surface area (Å²) in [7, 11) is -0.261. The maximum atomic E-state index is 6.16. The molecule has 4 heteroatoms. The molecule has 0 spiro atoms. The molecule has 1 saturated heterocycles. The van der Waals surface area contributed by atoms with Gasteiger partial charge in [-0.25, -0.2) is 0 Å². The van der Waals surface area contributed by atoms with Gasteiger partial charge in [0, 0.05) is 12.4 Å². The summed E-state index contributed by atoms with van der Waals surface area (Å²) in [6, 6.07) is 2.05. The largest absolute Gasteiger partial charge is 0.495 e. The molecule has 19 heavy (non-hydrogen) atoms. The molecular formula is C15H22BNO2. The fourth-order valence-electron chi connectivity index (χ4n) is 2.66. The van der Waals surface area contributed by atoms with Gasteiger partial charge in [-0.2, -0.15) is 0 Å². The van der Waals surface area contributed by atoms with E-state index < -0.39 is 0 Å². The van der Waals surface area contributed by atoms with Crippen LogP contribution in [-0.2, 0) is 9.31 Å². The number of hydrogen-bond acceptors (Lipinski definition) is 3. The van der Waals surface area contributed by atoms with Crippen LogP contribution in [0.1, 0.15) is 58.4 Å². The van der Waals surface area contributed by atoms with Crippen LogP contribution in [0, 0.1) is 0 Å². The lowest BCUT2D eigenvalue weighted by Crippen LogP contribution is -2.41. The highest BCUT2D eigenvalue weighted by molar-refractivity contribution is 6.62.